The molecular weight excluding hydrogens is 294 g/mol. The summed E-state index contributed by atoms with van der Waals surface area (Å²) in [5.74, 6) is -0.241. The number of carbonyl (C=O) groups is 2. The van der Waals surface area contributed by atoms with Crippen LogP contribution in [0.4, 0.5) is 0 Å². The lowest BCUT2D eigenvalue weighted by molar-refractivity contribution is -0.147. The molecule has 5 heteroatoms. The lowest BCUT2D eigenvalue weighted by Crippen LogP contribution is -2.52. The van der Waals surface area contributed by atoms with Gasteiger partial charge in [-0.05, 0) is 42.9 Å². The van der Waals surface area contributed by atoms with E-state index >= 15 is 0 Å². The number of carboxylic acid groups (broad SMARTS) is 1. The van der Waals surface area contributed by atoms with E-state index in [2.05, 4.69) is 5.32 Å². The Morgan fingerprint density at radius 3 is 2.35 bits per heavy atom. The second-order valence-electron chi connectivity index (χ2n) is 6.22. The molecule has 5 nitrogen and oxygen atoms in total. The van der Waals surface area contributed by atoms with E-state index in [9.17, 15) is 14.7 Å². The van der Waals surface area contributed by atoms with Crippen molar-refractivity contribution in [1.82, 2.24) is 5.32 Å². The van der Waals surface area contributed by atoms with Crippen molar-refractivity contribution in [2.45, 2.75) is 56.9 Å². The van der Waals surface area contributed by atoms with Crippen LogP contribution in [0.5, 0.6) is 5.75 Å². The number of rotatable bonds is 7. The van der Waals surface area contributed by atoms with E-state index in [1.165, 1.54) is 0 Å². The smallest absolute Gasteiger partial charge is 0.329 e. The number of hydrogen-bond acceptors (Lipinski definition) is 3. The number of carbonyl (C=O) groups excluding carboxylic acids is 1. The first-order valence-corrected chi connectivity index (χ1v) is 8.19. The number of carboxylic acids is 1. The van der Waals surface area contributed by atoms with Crippen LogP contribution >= 0.6 is 0 Å². The van der Waals surface area contributed by atoms with Crippen molar-refractivity contribution in [2.75, 3.05) is 7.11 Å². The summed E-state index contributed by atoms with van der Waals surface area (Å²) in [6.45, 7) is 2.03. The van der Waals surface area contributed by atoms with E-state index in [1.54, 1.807) is 7.11 Å². The Morgan fingerprint density at radius 1 is 1.26 bits per heavy atom. The van der Waals surface area contributed by atoms with E-state index in [0.717, 1.165) is 30.6 Å². The Hall–Kier alpha value is -2.04. The van der Waals surface area contributed by atoms with Crippen LogP contribution in [-0.4, -0.2) is 29.6 Å². The predicted molar refractivity (Wildman–Crippen MR) is 87.6 cm³/mol. The predicted octanol–water partition coefficient (Wildman–Crippen LogP) is 3.09. The molecule has 1 aliphatic rings. The molecule has 2 N–H and O–H groups in total. The van der Waals surface area contributed by atoms with Gasteiger partial charge in [-0.25, -0.2) is 4.79 Å². The van der Waals surface area contributed by atoms with Gasteiger partial charge in [0.05, 0.1) is 7.11 Å². The van der Waals surface area contributed by atoms with Crippen molar-refractivity contribution in [3.05, 3.63) is 29.8 Å². The maximum atomic E-state index is 12.4. The van der Waals surface area contributed by atoms with E-state index in [-0.39, 0.29) is 11.8 Å². The summed E-state index contributed by atoms with van der Waals surface area (Å²) in [5.41, 5.74) is 0.00851. The van der Waals surface area contributed by atoms with Crippen molar-refractivity contribution in [3.63, 3.8) is 0 Å². The molecule has 0 aliphatic heterocycles. The zero-order valence-corrected chi connectivity index (χ0v) is 13.8. The quantitative estimate of drug-likeness (QED) is 0.810. The Labute approximate surface area is 137 Å². The van der Waals surface area contributed by atoms with Gasteiger partial charge >= 0.3 is 5.97 Å². The number of aliphatic carboxylic acids is 1. The second-order valence-corrected chi connectivity index (χ2v) is 6.22. The van der Waals surface area contributed by atoms with Gasteiger partial charge in [0.25, 0.3) is 0 Å². The van der Waals surface area contributed by atoms with Gasteiger partial charge in [-0.2, -0.15) is 0 Å². The van der Waals surface area contributed by atoms with Gasteiger partial charge in [0.1, 0.15) is 11.3 Å². The minimum atomic E-state index is -1.06. The molecule has 0 radical (unpaired) electrons. The SMILES string of the molecule is CCC(CC(=O)NC1(C(=O)O)CCCC1)c1ccc(OC)cc1. The lowest BCUT2D eigenvalue weighted by Gasteiger charge is -2.26. The summed E-state index contributed by atoms with van der Waals surface area (Å²) in [5, 5.41) is 12.2. The number of methoxy groups -OCH3 is 1. The third-order valence-corrected chi connectivity index (χ3v) is 4.76. The molecule has 0 heterocycles. The molecule has 0 spiro atoms. The fraction of sp³-hybridized carbons (Fsp3) is 0.556. The summed E-state index contributed by atoms with van der Waals surface area (Å²) in [4.78, 5) is 23.9. The van der Waals surface area contributed by atoms with E-state index in [1.807, 2.05) is 31.2 Å². The van der Waals surface area contributed by atoms with Crippen LogP contribution in [0, 0.1) is 0 Å². The molecule has 1 unspecified atom stereocenters. The number of hydrogen-bond donors (Lipinski definition) is 2. The standard InChI is InChI=1S/C18H25NO4/c1-3-13(14-6-8-15(23-2)9-7-14)12-16(20)19-18(17(21)22)10-4-5-11-18/h6-9,13H,3-5,10-12H2,1-2H3,(H,19,20)(H,21,22). The highest BCUT2D eigenvalue weighted by atomic mass is 16.5. The lowest BCUT2D eigenvalue weighted by atomic mass is 9.91. The molecule has 0 saturated heterocycles. The van der Waals surface area contributed by atoms with Crippen molar-refractivity contribution < 1.29 is 19.4 Å². The van der Waals surface area contributed by atoms with Gasteiger partial charge in [0, 0.05) is 6.42 Å². The van der Waals surface area contributed by atoms with Crippen molar-refractivity contribution >= 4 is 11.9 Å². The Kier molecular flexibility index (Phi) is 5.64. The van der Waals surface area contributed by atoms with Crippen molar-refractivity contribution in [2.24, 2.45) is 0 Å². The molecule has 23 heavy (non-hydrogen) atoms. The second kappa shape index (κ2) is 7.49. The van der Waals surface area contributed by atoms with E-state index in [4.69, 9.17) is 4.74 Å². The minimum Gasteiger partial charge on any atom is -0.497 e. The topological polar surface area (TPSA) is 75.6 Å². The van der Waals surface area contributed by atoms with Gasteiger partial charge in [0.15, 0.2) is 0 Å². The molecule has 1 saturated carbocycles. The Balaban J connectivity index is 2.02. The first-order valence-electron chi connectivity index (χ1n) is 8.19. The third kappa shape index (κ3) is 4.03. The fourth-order valence-corrected chi connectivity index (χ4v) is 3.29. The largest absolute Gasteiger partial charge is 0.497 e. The maximum absolute atomic E-state index is 12.4. The first-order chi connectivity index (χ1) is 11.0. The molecule has 2 rings (SSSR count). The molecule has 1 amide bonds. The van der Waals surface area contributed by atoms with E-state index in [0.29, 0.717) is 19.3 Å². The molecule has 1 atom stereocenters. The summed E-state index contributed by atoms with van der Waals surface area (Å²) >= 11 is 0. The molecule has 1 fully saturated rings. The molecule has 1 aromatic carbocycles. The van der Waals surface area contributed by atoms with Crippen molar-refractivity contribution in [1.29, 1.82) is 0 Å². The highest BCUT2D eigenvalue weighted by molar-refractivity contribution is 5.87. The zero-order valence-electron chi connectivity index (χ0n) is 13.8. The van der Waals surface area contributed by atoms with Gasteiger partial charge in [-0.1, -0.05) is 31.9 Å². The molecule has 1 aliphatic carbocycles. The average Bonchev–Trinajstić information content (AvgIpc) is 3.02. The van der Waals surface area contributed by atoms with Crippen LogP contribution in [0.25, 0.3) is 0 Å². The zero-order chi connectivity index (χ0) is 16.9. The van der Waals surface area contributed by atoms with Crippen LogP contribution in [0.15, 0.2) is 24.3 Å². The molecule has 0 aromatic heterocycles. The van der Waals surface area contributed by atoms with Crippen LogP contribution in [0.2, 0.25) is 0 Å². The third-order valence-electron chi connectivity index (χ3n) is 4.76. The van der Waals surface area contributed by atoms with Crippen LogP contribution in [0.3, 0.4) is 0 Å². The Morgan fingerprint density at radius 2 is 1.87 bits per heavy atom. The highest BCUT2D eigenvalue weighted by Gasteiger charge is 2.42. The molecular formula is C18H25NO4. The maximum Gasteiger partial charge on any atom is 0.329 e. The van der Waals surface area contributed by atoms with Gasteiger partial charge in [-0.15, -0.1) is 0 Å². The normalized spacial score (nSPS) is 17.5. The summed E-state index contributed by atoms with van der Waals surface area (Å²) in [6.07, 6.45) is 3.86. The average molecular weight is 319 g/mol. The molecule has 0 bridgehead atoms. The Bertz CT molecular complexity index is 547. The van der Waals surface area contributed by atoms with Crippen LogP contribution in [-0.2, 0) is 9.59 Å². The minimum absolute atomic E-state index is 0.0770. The monoisotopic (exact) mass is 319 g/mol. The van der Waals surface area contributed by atoms with Crippen LogP contribution in [0.1, 0.15) is 56.9 Å². The van der Waals surface area contributed by atoms with Crippen LogP contribution < -0.4 is 10.1 Å². The summed E-state index contributed by atoms with van der Waals surface area (Å²) < 4.78 is 5.15. The summed E-state index contributed by atoms with van der Waals surface area (Å²) in [6, 6.07) is 7.68. The first kappa shape index (κ1) is 17.3. The number of ether oxygens (including phenoxy) is 1. The van der Waals surface area contributed by atoms with Gasteiger partial charge < -0.3 is 15.2 Å². The van der Waals surface area contributed by atoms with Crippen molar-refractivity contribution in [3.8, 4) is 5.75 Å². The summed E-state index contributed by atoms with van der Waals surface area (Å²) in [7, 11) is 1.62. The highest BCUT2D eigenvalue weighted by Crippen LogP contribution is 2.31. The number of nitrogens with one attached hydrogen (secondary N) is 1. The molecule has 126 valence electrons. The van der Waals surface area contributed by atoms with Gasteiger partial charge in [0.2, 0.25) is 5.91 Å². The number of amides is 1. The van der Waals surface area contributed by atoms with E-state index < -0.39 is 11.5 Å². The molecule has 1 aromatic rings. The van der Waals surface area contributed by atoms with Gasteiger partial charge in [-0.3, -0.25) is 4.79 Å². The number of benzene rings is 1. The fourth-order valence-electron chi connectivity index (χ4n) is 3.29.